The fourth-order valence-corrected chi connectivity index (χ4v) is 4.12. The zero-order valence-corrected chi connectivity index (χ0v) is 11.7. The van der Waals surface area contributed by atoms with Gasteiger partial charge in [-0.3, -0.25) is 0 Å². The maximum absolute atomic E-state index is 6.51. The summed E-state index contributed by atoms with van der Waals surface area (Å²) in [6.45, 7) is 1.73. The van der Waals surface area contributed by atoms with Crippen molar-refractivity contribution in [3.8, 4) is 0 Å². The minimum absolute atomic E-state index is 0.279. The van der Waals surface area contributed by atoms with Gasteiger partial charge >= 0.3 is 0 Å². The Morgan fingerprint density at radius 1 is 1.11 bits per heavy atom. The highest BCUT2D eigenvalue weighted by atomic mass is 35.5. The SMILES string of the molecule is NC1(c2ccc(Cl)cc2Cl)CC2(CCOCC2)C1. The van der Waals surface area contributed by atoms with Crippen LogP contribution in [-0.2, 0) is 10.3 Å². The lowest BCUT2D eigenvalue weighted by Crippen LogP contribution is -2.57. The first-order valence-corrected chi connectivity index (χ1v) is 7.11. The number of hydrogen-bond acceptors (Lipinski definition) is 2. The number of rotatable bonds is 1. The molecule has 1 heterocycles. The first-order valence-electron chi connectivity index (χ1n) is 6.35. The molecule has 18 heavy (non-hydrogen) atoms. The van der Waals surface area contributed by atoms with Gasteiger partial charge in [0, 0.05) is 28.8 Å². The molecule has 2 nitrogen and oxygen atoms in total. The molecule has 2 N–H and O–H groups in total. The van der Waals surface area contributed by atoms with E-state index in [2.05, 4.69) is 0 Å². The Balaban J connectivity index is 1.81. The van der Waals surface area contributed by atoms with Gasteiger partial charge in [-0.05, 0) is 48.8 Å². The Kier molecular flexibility index (Phi) is 3.10. The van der Waals surface area contributed by atoms with Crippen molar-refractivity contribution >= 4 is 23.2 Å². The number of hydrogen-bond donors (Lipinski definition) is 1. The van der Waals surface area contributed by atoms with Crippen LogP contribution in [0.4, 0.5) is 0 Å². The summed E-state index contributed by atoms with van der Waals surface area (Å²) >= 11 is 12.2. The summed E-state index contributed by atoms with van der Waals surface area (Å²) in [4.78, 5) is 0. The van der Waals surface area contributed by atoms with Crippen molar-refractivity contribution < 1.29 is 4.74 Å². The molecule has 2 aliphatic rings. The van der Waals surface area contributed by atoms with E-state index in [0.717, 1.165) is 44.5 Å². The molecule has 1 aromatic rings. The lowest BCUT2D eigenvalue weighted by atomic mass is 9.52. The van der Waals surface area contributed by atoms with Gasteiger partial charge in [0.2, 0.25) is 0 Å². The number of nitrogens with two attached hydrogens (primary N) is 1. The summed E-state index contributed by atoms with van der Waals surface area (Å²) in [6.07, 6.45) is 4.25. The van der Waals surface area contributed by atoms with Gasteiger partial charge in [-0.15, -0.1) is 0 Å². The average molecular weight is 286 g/mol. The van der Waals surface area contributed by atoms with Crippen LogP contribution in [0.2, 0.25) is 10.0 Å². The molecule has 2 fully saturated rings. The van der Waals surface area contributed by atoms with Gasteiger partial charge in [0.15, 0.2) is 0 Å². The summed E-state index contributed by atoms with van der Waals surface area (Å²) in [5.74, 6) is 0. The summed E-state index contributed by atoms with van der Waals surface area (Å²) in [5, 5.41) is 1.35. The standard InChI is InChI=1S/C14H17Cl2NO/c15-10-1-2-11(12(16)7-10)14(17)8-13(9-14)3-5-18-6-4-13/h1-2,7H,3-6,8-9,17H2. The topological polar surface area (TPSA) is 35.2 Å². The smallest absolute Gasteiger partial charge is 0.0471 e. The third-order valence-electron chi connectivity index (χ3n) is 4.40. The minimum Gasteiger partial charge on any atom is -0.381 e. The van der Waals surface area contributed by atoms with E-state index in [1.807, 2.05) is 12.1 Å². The van der Waals surface area contributed by atoms with Crippen LogP contribution in [0.15, 0.2) is 18.2 Å². The number of halogens is 2. The molecule has 0 aromatic heterocycles. The highest BCUT2D eigenvalue weighted by Gasteiger charge is 2.53. The molecule has 1 saturated carbocycles. The van der Waals surface area contributed by atoms with Crippen LogP contribution >= 0.6 is 23.2 Å². The normalized spacial score (nSPS) is 24.8. The largest absolute Gasteiger partial charge is 0.381 e. The Morgan fingerprint density at radius 3 is 2.39 bits per heavy atom. The predicted molar refractivity (Wildman–Crippen MR) is 74.0 cm³/mol. The van der Waals surface area contributed by atoms with Gasteiger partial charge in [-0.25, -0.2) is 0 Å². The van der Waals surface area contributed by atoms with Crippen molar-refractivity contribution in [3.05, 3.63) is 33.8 Å². The molecule has 0 bridgehead atoms. The maximum atomic E-state index is 6.51. The minimum atomic E-state index is -0.279. The van der Waals surface area contributed by atoms with Gasteiger partial charge in [0.05, 0.1) is 0 Å². The second kappa shape index (κ2) is 4.38. The number of benzene rings is 1. The van der Waals surface area contributed by atoms with Crippen LogP contribution in [0, 0.1) is 5.41 Å². The molecule has 3 rings (SSSR count). The molecule has 1 saturated heterocycles. The molecule has 4 heteroatoms. The van der Waals surface area contributed by atoms with Crippen molar-refractivity contribution in [1.29, 1.82) is 0 Å². The number of ether oxygens (including phenoxy) is 1. The molecule has 1 aliphatic carbocycles. The maximum Gasteiger partial charge on any atom is 0.0471 e. The van der Waals surface area contributed by atoms with Crippen molar-refractivity contribution in [1.82, 2.24) is 0 Å². The fourth-order valence-electron chi connectivity index (χ4n) is 3.53. The van der Waals surface area contributed by atoms with Crippen LogP contribution < -0.4 is 5.73 Å². The van der Waals surface area contributed by atoms with Gasteiger partial charge in [-0.2, -0.15) is 0 Å². The third kappa shape index (κ3) is 2.05. The van der Waals surface area contributed by atoms with E-state index in [4.69, 9.17) is 33.7 Å². The summed E-state index contributed by atoms with van der Waals surface area (Å²) < 4.78 is 5.43. The molecule has 0 unspecified atom stereocenters. The van der Waals surface area contributed by atoms with Crippen molar-refractivity contribution in [3.63, 3.8) is 0 Å². The van der Waals surface area contributed by atoms with Crippen molar-refractivity contribution in [2.45, 2.75) is 31.2 Å². The molecular weight excluding hydrogens is 269 g/mol. The van der Waals surface area contributed by atoms with E-state index in [-0.39, 0.29) is 5.54 Å². The Hall–Kier alpha value is -0.280. The van der Waals surface area contributed by atoms with Crippen LogP contribution in [0.1, 0.15) is 31.2 Å². The summed E-state index contributed by atoms with van der Waals surface area (Å²) in [6, 6.07) is 5.62. The van der Waals surface area contributed by atoms with Crippen LogP contribution in [0.25, 0.3) is 0 Å². The fraction of sp³-hybridized carbons (Fsp3) is 0.571. The van der Waals surface area contributed by atoms with Gasteiger partial charge in [0.25, 0.3) is 0 Å². The van der Waals surface area contributed by atoms with E-state index in [1.54, 1.807) is 6.07 Å². The van der Waals surface area contributed by atoms with E-state index < -0.39 is 0 Å². The van der Waals surface area contributed by atoms with Crippen LogP contribution in [0.3, 0.4) is 0 Å². The van der Waals surface area contributed by atoms with E-state index in [0.29, 0.717) is 15.5 Å². The summed E-state index contributed by atoms with van der Waals surface area (Å²) in [7, 11) is 0. The van der Waals surface area contributed by atoms with E-state index in [9.17, 15) is 0 Å². The molecule has 0 atom stereocenters. The molecule has 1 aliphatic heterocycles. The second-order valence-electron chi connectivity index (χ2n) is 5.75. The second-order valence-corrected chi connectivity index (χ2v) is 6.59. The van der Waals surface area contributed by atoms with Gasteiger partial charge in [0.1, 0.15) is 0 Å². The Labute approximate surface area is 117 Å². The average Bonchev–Trinajstić information content (AvgIpc) is 2.28. The van der Waals surface area contributed by atoms with Crippen LogP contribution in [0.5, 0.6) is 0 Å². The van der Waals surface area contributed by atoms with Crippen molar-refractivity contribution in [2.75, 3.05) is 13.2 Å². The van der Waals surface area contributed by atoms with Crippen LogP contribution in [-0.4, -0.2) is 13.2 Å². The summed E-state index contributed by atoms with van der Waals surface area (Å²) in [5.41, 5.74) is 7.65. The zero-order valence-electron chi connectivity index (χ0n) is 10.2. The lowest BCUT2D eigenvalue weighted by Gasteiger charge is -2.56. The third-order valence-corrected chi connectivity index (χ3v) is 4.95. The molecule has 1 aromatic carbocycles. The molecule has 98 valence electrons. The van der Waals surface area contributed by atoms with Gasteiger partial charge < -0.3 is 10.5 Å². The first kappa shape index (κ1) is 12.7. The molecular formula is C14H17Cl2NO. The van der Waals surface area contributed by atoms with Gasteiger partial charge in [-0.1, -0.05) is 29.3 Å². The molecule has 0 amide bonds. The lowest BCUT2D eigenvalue weighted by molar-refractivity contribution is -0.0725. The quantitative estimate of drug-likeness (QED) is 0.853. The Bertz CT molecular complexity index is 461. The van der Waals surface area contributed by atoms with E-state index >= 15 is 0 Å². The highest BCUT2D eigenvalue weighted by Crippen LogP contribution is 2.58. The molecule has 0 radical (unpaired) electrons. The molecule has 1 spiro atoms. The first-order chi connectivity index (χ1) is 8.53. The van der Waals surface area contributed by atoms with E-state index in [1.165, 1.54) is 0 Å². The highest BCUT2D eigenvalue weighted by molar-refractivity contribution is 6.35. The monoisotopic (exact) mass is 285 g/mol. The van der Waals surface area contributed by atoms with Crippen molar-refractivity contribution in [2.24, 2.45) is 11.1 Å². The zero-order chi connectivity index (χ0) is 12.8. The Morgan fingerprint density at radius 2 is 1.78 bits per heavy atom. The predicted octanol–water partition coefficient (Wildman–Crippen LogP) is 3.74.